The zero-order valence-corrected chi connectivity index (χ0v) is 13.7. The molecule has 2 aromatic carbocycles. The second-order valence-electron chi connectivity index (χ2n) is 4.28. The molecular formula is C15H11BrCl2O2. The Morgan fingerprint density at radius 1 is 1.25 bits per heavy atom. The van der Waals surface area contributed by atoms with Crippen LogP contribution in [0.1, 0.15) is 21.5 Å². The summed E-state index contributed by atoms with van der Waals surface area (Å²) in [6.07, 6.45) is 0.774. The van der Waals surface area contributed by atoms with Gasteiger partial charge in [-0.25, -0.2) is 0 Å². The Hall–Kier alpha value is -1.03. The molecule has 0 aromatic heterocycles. The molecule has 0 saturated carbocycles. The molecule has 2 rings (SSSR count). The van der Waals surface area contributed by atoms with Crippen molar-refractivity contribution in [1.82, 2.24) is 0 Å². The van der Waals surface area contributed by atoms with Crippen molar-refractivity contribution in [3.05, 3.63) is 61.5 Å². The Labute approximate surface area is 135 Å². The molecule has 0 aliphatic carbocycles. The summed E-state index contributed by atoms with van der Waals surface area (Å²) >= 11 is 15.3. The standard InChI is InChI=1S/C15H11BrCl2O2/c1-9-4-12(16)5-11(7-19)15(9)20-8-10-2-3-13(17)6-14(10)18/h2-7H,8H2,1H3. The first-order valence-electron chi connectivity index (χ1n) is 5.83. The van der Waals surface area contributed by atoms with Gasteiger partial charge in [0.1, 0.15) is 12.4 Å². The van der Waals surface area contributed by atoms with Crippen LogP contribution in [0.4, 0.5) is 0 Å². The lowest BCUT2D eigenvalue weighted by Gasteiger charge is -2.13. The van der Waals surface area contributed by atoms with Gasteiger partial charge in [-0.05, 0) is 36.8 Å². The summed E-state index contributed by atoms with van der Waals surface area (Å²) in [6, 6.07) is 8.84. The van der Waals surface area contributed by atoms with E-state index in [2.05, 4.69) is 15.9 Å². The van der Waals surface area contributed by atoms with E-state index in [1.807, 2.05) is 13.0 Å². The van der Waals surface area contributed by atoms with Gasteiger partial charge < -0.3 is 4.74 Å². The first-order valence-corrected chi connectivity index (χ1v) is 7.38. The fourth-order valence-electron chi connectivity index (χ4n) is 1.83. The summed E-state index contributed by atoms with van der Waals surface area (Å²) in [5.74, 6) is 0.564. The average Bonchev–Trinajstić information content (AvgIpc) is 2.38. The summed E-state index contributed by atoms with van der Waals surface area (Å²) in [5.41, 5.74) is 2.20. The lowest BCUT2D eigenvalue weighted by molar-refractivity contribution is 0.111. The molecule has 0 amide bonds. The number of benzene rings is 2. The van der Waals surface area contributed by atoms with Crippen molar-refractivity contribution >= 4 is 45.4 Å². The molecule has 0 saturated heterocycles. The highest BCUT2D eigenvalue weighted by atomic mass is 79.9. The number of aldehydes is 1. The number of hydrogen-bond donors (Lipinski definition) is 0. The van der Waals surface area contributed by atoms with Crippen molar-refractivity contribution in [1.29, 1.82) is 0 Å². The van der Waals surface area contributed by atoms with Crippen LogP contribution in [-0.2, 0) is 6.61 Å². The van der Waals surface area contributed by atoms with E-state index in [1.54, 1.807) is 24.3 Å². The topological polar surface area (TPSA) is 26.3 Å². The Morgan fingerprint density at radius 2 is 2.00 bits per heavy atom. The first kappa shape index (κ1) is 15.4. The number of carbonyl (C=O) groups excluding carboxylic acids is 1. The Bertz CT molecular complexity index is 657. The largest absolute Gasteiger partial charge is 0.488 e. The highest BCUT2D eigenvalue weighted by Crippen LogP contribution is 2.29. The number of ether oxygens (including phenoxy) is 1. The van der Waals surface area contributed by atoms with Gasteiger partial charge in [0.15, 0.2) is 6.29 Å². The zero-order chi connectivity index (χ0) is 14.7. The van der Waals surface area contributed by atoms with Gasteiger partial charge in [-0.3, -0.25) is 4.79 Å². The van der Waals surface area contributed by atoms with Crippen molar-refractivity contribution in [2.75, 3.05) is 0 Å². The minimum atomic E-state index is 0.277. The zero-order valence-electron chi connectivity index (χ0n) is 10.6. The van der Waals surface area contributed by atoms with Crippen LogP contribution in [0.5, 0.6) is 5.75 Å². The van der Waals surface area contributed by atoms with Crippen molar-refractivity contribution in [2.24, 2.45) is 0 Å². The van der Waals surface area contributed by atoms with E-state index >= 15 is 0 Å². The monoisotopic (exact) mass is 372 g/mol. The predicted octanol–water partition coefficient (Wildman–Crippen LogP) is 5.46. The van der Waals surface area contributed by atoms with E-state index in [1.165, 1.54) is 0 Å². The second-order valence-corrected chi connectivity index (χ2v) is 6.04. The normalized spacial score (nSPS) is 10.4. The molecule has 2 nitrogen and oxygen atoms in total. The van der Waals surface area contributed by atoms with Crippen LogP contribution >= 0.6 is 39.1 Å². The molecule has 0 aliphatic rings. The SMILES string of the molecule is Cc1cc(Br)cc(C=O)c1OCc1ccc(Cl)cc1Cl. The van der Waals surface area contributed by atoms with Gasteiger partial charge in [0.2, 0.25) is 0 Å². The smallest absolute Gasteiger partial charge is 0.153 e. The molecule has 0 heterocycles. The summed E-state index contributed by atoms with van der Waals surface area (Å²) < 4.78 is 6.58. The Balaban J connectivity index is 2.25. The van der Waals surface area contributed by atoms with Crippen LogP contribution in [0.3, 0.4) is 0 Å². The maximum Gasteiger partial charge on any atom is 0.153 e. The number of halogens is 3. The first-order chi connectivity index (χ1) is 9.51. The van der Waals surface area contributed by atoms with Gasteiger partial charge in [-0.1, -0.05) is 45.2 Å². The minimum Gasteiger partial charge on any atom is -0.488 e. The third-order valence-corrected chi connectivity index (χ3v) is 3.83. The third-order valence-electron chi connectivity index (χ3n) is 2.78. The summed E-state index contributed by atoms with van der Waals surface area (Å²) in [5, 5.41) is 1.12. The van der Waals surface area contributed by atoms with Gasteiger partial charge in [0, 0.05) is 20.1 Å². The fourth-order valence-corrected chi connectivity index (χ4v) is 2.88. The highest BCUT2D eigenvalue weighted by Gasteiger charge is 2.10. The molecule has 0 unspecified atom stereocenters. The Kier molecular flexibility index (Phi) is 5.08. The van der Waals surface area contributed by atoms with Gasteiger partial charge in [0.05, 0.1) is 5.56 Å². The molecule has 2 aromatic rings. The van der Waals surface area contributed by atoms with Gasteiger partial charge in [-0.2, -0.15) is 0 Å². The molecule has 0 atom stereocenters. The van der Waals surface area contributed by atoms with Crippen LogP contribution in [-0.4, -0.2) is 6.29 Å². The van der Waals surface area contributed by atoms with E-state index in [0.717, 1.165) is 21.9 Å². The van der Waals surface area contributed by atoms with Crippen LogP contribution < -0.4 is 4.74 Å². The molecule has 5 heteroatoms. The van der Waals surface area contributed by atoms with Gasteiger partial charge >= 0.3 is 0 Å². The highest BCUT2D eigenvalue weighted by molar-refractivity contribution is 9.10. The van der Waals surface area contributed by atoms with Crippen LogP contribution in [0, 0.1) is 6.92 Å². The third kappa shape index (κ3) is 3.54. The van der Waals surface area contributed by atoms with Crippen LogP contribution in [0.25, 0.3) is 0 Å². The molecule has 0 bridgehead atoms. The molecular weight excluding hydrogens is 363 g/mol. The van der Waals surface area contributed by atoms with Gasteiger partial charge in [-0.15, -0.1) is 0 Å². The Morgan fingerprint density at radius 3 is 2.65 bits per heavy atom. The molecule has 0 radical (unpaired) electrons. The van der Waals surface area contributed by atoms with Crippen molar-refractivity contribution < 1.29 is 9.53 Å². The van der Waals surface area contributed by atoms with E-state index in [-0.39, 0.29) is 6.61 Å². The maximum atomic E-state index is 11.1. The lowest BCUT2D eigenvalue weighted by Crippen LogP contribution is -2.01. The van der Waals surface area contributed by atoms with E-state index in [9.17, 15) is 4.79 Å². The lowest BCUT2D eigenvalue weighted by atomic mass is 10.1. The molecule has 0 N–H and O–H groups in total. The van der Waals surface area contributed by atoms with Crippen molar-refractivity contribution in [3.8, 4) is 5.75 Å². The quantitative estimate of drug-likeness (QED) is 0.665. The van der Waals surface area contributed by atoms with E-state index < -0.39 is 0 Å². The minimum absolute atomic E-state index is 0.277. The number of carbonyl (C=O) groups is 1. The molecule has 0 spiro atoms. The molecule has 20 heavy (non-hydrogen) atoms. The van der Waals surface area contributed by atoms with Crippen LogP contribution in [0.2, 0.25) is 10.0 Å². The number of aryl methyl sites for hydroxylation is 1. The summed E-state index contributed by atoms with van der Waals surface area (Å²) in [6.45, 7) is 2.16. The molecule has 0 aliphatic heterocycles. The van der Waals surface area contributed by atoms with Crippen molar-refractivity contribution in [3.63, 3.8) is 0 Å². The average molecular weight is 374 g/mol. The second kappa shape index (κ2) is 6.61. The van der Waals surface area contributed by atoms with Gasteiger partial charge in [0.25, 0.3) is 0 Å². The predicted molar refractivity (Wildman–Crippen MR) is 85.1 cm³/mol. The van der Waals surface area contributed by atoms with Crippen molar-refractivity contribution in [2.45, 2.75) is 13.5 Å². The van der Waals surface area contributed by atoms with Crippen LogP contribution in [0.15, 0.2) is 34.8 Å². The number of rotatable bonds is 4. The fraction of sp³-hybridized carbons (Fsp3) is 0.133. The summed E-state index contributed by atoms with van der Waals surface area (Å²) in [7, 11) is 0. The molecule has 0 fully saturated rings. The maximum absolute atomic E-state index is 11.1. The molecule has 104 valence electrons. The summed E-state index contributed by atoms with van der Waals surface area (Å²) in [4.78, 5) is 11.1. The van der Waals surface area contributed by atoms with E-state index in [4.69, 9.17) is 27.9 Å². The van der Waals surface area contributed by atoms with E-state index in [0.29, 0.717) is 21.4 Å². The number of hydrogen-bond acceptors (Lipinski definition) is 2.